The molecule has 0 aliphatic heterocycles. The van der Waals surface area contributed by atoms with Crippen LogP contribution in [0.2, 0.25) is 0 Å². The first-order chi connectivity index (χ1) is 13.3. The van der Waals surface area contributed by atoms with Gasteiger partial charge in [0.2, 0.25) is 5.91 Å². The number of carbonyl (C=O) groups excluding carboxylic acids is 1. The lowest BCUT2D eigenvalue weighted by Gasteiger charge is -2.04. The number of rotatable bonds is 5. The lowest BCUT2D eigenvalue weighted by Crippen LogP contribution is -2.07. The predicted molar refractivity (Wildman–Crippen MR) is 107 cm³/mol. The number of thiazole rings is 1. The van der Waals surface area contributed by atoms with Gasteiger partial charge in [0, 0.05) is 40.7 Å². The van der Waals surface area contributed by atoms with Crippen molar-refractivity contribution >= 4 is 29.0 Å². The Balaban J connectivity index is 1.49. The first-order valence-corrected chi connectivity index (χ1v) is 9.15. The van der Waals surface area contributed by atoms with E-state index in [4.69, 9.17) is 9.40 Å². The molecular weight excluding hydrogens is 358 g/mol. The van der Waals surface area contributed by atoms with Crippen LogP contribution in [0, 0.1) is 0 Å². The Bertz CT molecular complexity index is 1070. The monoisotopic (exact) mass is 373 g/mol. The molecule has 5 nitrogen and oxygen atoms in total. The number of hydrogen-bond acceptors (Lipinski definition) is 5. The molecule has 0 fully saturated rings. The van der Waals surface area contributed by atoms with Gasteiger partial charge in [0.1, 0.15) is 10.8 Å². The summed E-state index contributed by atoms with van der Waals surface area (Å²) >= 11 is 1.58. The van der Waals surface area contributed by atoms with E-state index in [9.17, 15) is 4.79 Å². The van der Waals surface area contributed by atoms with Gasteiger partial charge in [-0.15, -0.1) is 11.3 Å². The third-order valence-electron chi connectivity index (χ3n) is 3.80. The maximum absolute atomic E-state index is 12.1. The molecule has 0 saturated carbocycles. The van der Waals surface area contributed by atoms with Gasteiger partial charge in [-0.3, -0.25) is 9.78 Å². The van der Waals surface area contributed by atoms with E-state index in [0.29, 0.717) is 11.4 Å². The summed E-state index contributed by atoms with van der Waals surface area (Å²) in [5, 5.41) is 5.79. The highest BCUT2D eigenvalue weighted by atomic mass is 32.1. The third-order valence-corrected chi connectivity index (χ3v) is 4.69. The van der Waals surface area contributed by atoms with E-state index < -0.39 is 0 Å². The molecule has 0 spiro atoms. The standard InChI is InChI=1S/C21H15N3O2S/c25-20(7-6-18-5-2-12-26-18)23-17-4-1-3-16(13-17)19-14-27-21(24-19)15-8-10-22-11-9-15/h1-14H,(H,23,25)/b7-6+. The summed E-state index contributed by atoms with van der Waals surface area (Å²) in [6.07, 6.45) is 8.14. The second-order valence-corrected chi connectivity index (χ2v) is 6.55. The Hall–Kier alpha value is -3.51. The fourth-order valence-corrected chi connectivity index (χ4v) is 3.35. The molecule has 4 aromatic rings. The summed E-state index contributed by atoms with van der Waals surface area (Å²) < 4.78 is 5.17. The molecular formula is C21H15N3O2S. The van der Waals surface area contributed by atoms with E-state index in [0.717, 1.165) is 21.8 Å². The van der Waals surface area contributed by atoms with E-state index in [2.05, 4.69) is 10.3 Å². The average molecular weight is 373 g/mol. The van der Waals surface area contributed by atoms with Gasteiger partial charge in [-0.2, -0.15) is 0 Å². The van der Waals surface area contributed by atoms with Gasteiger partial charge in [-0.25, -0.2) is 4.98 Å². The van der Waals surface area contributed by atoms with Gasteiger partial charge in [-0.1, -0.05) is 12.1 Å². The number of anilines is 1. The number of aromatic nitrogens is 2. The zero-order valence-electron chi connectivity index (χ0n) is 14.2. The number of hydrogen-bond donors (Lipinski definition) is 1. The zero-order chi connectivity index (χ0) is 18.5. The summed E-state index contributed by atoms with van der Waals surface area (Å²) in [4.78, 5) is 20.8. The van der Waals surface area contributed by atoms with Crippen molar-refractivity contribution in [1.82, 2.24) is 9.97 Å². The minimum Gasteiger partial charge on any atom is -0.465 e. The fraction of sp³-hybridized carbons (Fsp3) is 0. The first-order valence-electron chi connectivity index (χ1n) is 8.27. The molecule has 1 aromatic carbocycles. The van der Waals surface area contributed by atoms with Crippen LogP contribution in [-0.4, -0.2) is 15.9 Å². The second-order valence-electron chi connectivity index (χ2n) is 5.69. The lowest BCUT2D eigenvalue weighted by atomic mass is 10.1. The minimum atomic E-state index is -0.223. The van der Waals surface area contributed by atoms with Crippen LogP contribution in [0.1, 0.15) is 5.76 Å². The van der Waals surface area contributed by atoms with Gasteiger partial charge in [0.05, 0.1) is 12.0 Å². The van der Waals surface area contributed by atoms with Crippen molar-refractivity contribution in [2.24, 2.45) is 0 Å². The Morgan fingerprint density at radius 1 is 1.07 bits per heavy atom. The number of pyridine rings is 1. The van der Waals surface area contributed by atoms with E-state index in [1.165, 1.54) is 6.08 Å². The quantitative estimate of drug-likeness (QED) is 0.493. The highest BCUT2D eigenvalue weighted by Gasteiger charge is 2.08. The van der Waals surface area contributed by atoms with Crippen molar-refractivity contribution in [1.29, 1.82) is 0 Å². The Morgan fingerprint density at radius 3 is 2.78 bits per heavy atom. The van der Waals surface area contributed by atoms with Crippen LogP contribution in [0.5, 0.6) is 0 Å². The summed E-state index contributed by atoms with van der Waals surface area (Å²) in [5.74, 6) is 0.407. The van der Waals surface area contributed by atoms with Crippen molar-refractivity contribution in [3.8, 4) is 21.8 Å². The van der Waals surface area contributed by atoms with Gasteiger partial charge < -0.3 is 9.73 Å². The first kappa shape index (κ1) is 16.9. The van der Waals surface area contributed by atoms with Crippen molar-refractivity contribution < 1.29 is 9.21 Å². The topological polar surface area (TPSA) is 68.0 Å². The van der Waals surface area contributed by atoms with Crippen LogP contribution in [0.4, 0.5) is 5.69 Å². The van der Waals surface area contributed by atoms with Crippen LogP contribution in [0.25, 0.3) is 27.9 Å². The third kappa shape index (κ3) is 4.19. The molecule has 0 aliphatic carbocycles. The molecule has 4 rings (SSSR count). The van der Waals surface area contributed by atoms with Crippen LogP contribution in [-0.2, 0) is 4.79 Å². The Morgan fingerprint density at radius 2 is 1.96 bits per heavy atom. The van der Waals surface area contributed by atoms with Crippen LogP contribution in [0.15, 0.2) is 83.1 Å². The van der Waals surface area contributed by atoms with Crippen molar-refractivity contribution in [2.75, 3.05) is 5.32 Å². The van der Waals surface area contributed by atoms with E-state index in [1.54, 1.807) is 48.2 Å². The van der Waals surface area contributed by atoms with Crippen LogP contribution >= 0.6 is 11.3 Å². The molecule has 132 valence electrons. The Kier molecular flexibility index (Phi) is 4.89. The van der Waals surface area contributed by atoms with E-state index in [1.807, 2.05) is 41.8 Å². The molecule has 27 heavy (non-hydrogen) atoms. The van der Waals surface area contributed by atoms with Crippen LogP contribution < -0.4 is 5.32 Å². The molecule has 0 unspecified atom stereocenters. The highest BCUT2D eigenvalue weighted by molar-refractivity contribution is 7.13. The molecule has 0 radical (unpaired) electrons. The molecule has 0 bridgehead atoms. The molecule has 0 atom stereocenters. The number of amides is 1. The normalized spacial score (nSPS) is 11.0. The van der Waals surface area contributed by atoms with Crippen molar-refractivity contribution in [3.05, 3.63) is 84.4 Å². The fourth-order valence-electron chi connectivity index (χ4n) is 2.52. The lowest BCUT2D eigenvalue weighted by molar-refractivity contribution is -0.111. The summed E-state index contributed by atoms with van der Waals surface area (Å²) in [6, 6.07) is 15.0. The molecule has 6 heteroatoms. The highest BCUT2D eigenvalue weighted by Crippen LogP contribution is 2.29. The van der Waals surface area contributed by atoms with Gasteiger partial charge in [0.25, 0.3) is 0 Å². The minimum absolute atomic E-state index is 0.223. The van der Waals surface area contributed by atoms with Gasteiger partial charge >= 0.3 is 0 Å². The van der Waals surface area contributed by atoms with E-state index >= 15 is 0 Å². The Labute approximate surface area is 160 Å². The zero-order valence-corrected chi connectivity index (χ0v) is 15.0. The molecule has 1 amide bonds. The summed E-state index contributed by atoms with van der Waals surface area (Å²) in [6.45, 7) is 0. The second kappa shape index (κ2) is 7.80. The number of furan rings is 1. The van der Waals surface area contributed by atoms with Crippen molar-refractivity contribution in [2.45, 2.75) is 0 Å². The van der Waals surface area contributed by atoms with Gasteiger partial charge in [0.15, 0.2) is 0 Å². The summed E-state index contributed by atoms with van der Waals surface area (Å²) in [5.41, 5.74) is 3.56. The predicted octanol–water partition coefficient (Wildman–Crippen LogP) is 5.12. The molecule has 0 saturated heterocycles. The summed E-state index contributed by atoms with van der Waals surface area (Å²) in [7, 11) is 0. The number of nitrogens with one attached hydrogen (secondary N) is 1. The molecule has 1 N–H and O–H groups in total. The molecule has 3 heterocycles. The van der Waals surface area contributed by atoms with Gasteiger partial charge in [-0.05, 0) is 42.5 Å². The SMILES string of the molecule is O=C(/C=C/c1ccco1)Nc1cccc(-c2csc(-c3ccncc3)n2)c1. The maximum atomic E-state index is 12.1. The smallest absolute Gasteiger partial charge is 0.248 e. The average Bonchev–Trinajstić information content (AvgIpc) is 3.39. The van der Waals surface area contributed by atoms with Crippen molar-refractivity contribution in [3.63, 3.8) is 0 Å². The van der Waals surface area contributed by atoms with E-state index in [-0.39, 0.29) is 5.91 Å². The number of carbonyl (C=O) groups is 1. The molecule has 0 aliphatic rings. The largest absolute Gasteiger partial charge is 0.465 e. The van der Waals surface area contributed by atoms with Crippen LogP contribution in [0.3, 0.4) is 0 Å². The number of benzene rings is 1. The number of nitrogens with zero attached hydrogens (tertiary/aromatic N) is 2. The maximum Gasteiger partial charge on any atom is 0.248 e. The molecule has 3 aromatic heterocycles.